The Hall–Kier alpha value is 0.160. The van der Waals surface area contributed by atoms with Gasteiger partial charge in [0, 0.05) is 3.92 Å². The molecule has 16 heavy (non-hydrogen) atoms. The van der Waals surface area contributed by atoms with Crippen LogP contribution in [-0.4, -0.2) is 29.2 Å². The van der Waals surface area contributed by atoms with Gasteiger partial charge in [0.15, 0.2) is 0 Å². The van der Waals surface area contributed by atoms with Crippen LogP contribution in [0.2, 0.25) is 0 Å². The van der Waals surface area contributed by atoms with E-state index in [1.807, 2.05) is 0 Å². The van der Waals surface area contributed by atoms with E-state index in [1.54, 1.807) is 0 Å². The summed E-state index contributed by atoms with van der Waals surface area (Å²) in [7, 11) is 1.43. The van der Waals surface area contributed by atoms with E-state index in [0.717, 1.165) is 12.8 Å². The third-order valence-corrected chi connectivity index (χ3v) is 4.42. The number of carbonyl (C=O) groups is 1. The van der Waals surface area contributed by atoms with E-state index in [0.29, 0.717) is 16.4 Å². The highest BCUT2D eigenvalue weighted by Gasteiger charge is 2.31. The minimum absolute atomic E-state index is 0.0799. The summed E-state index contributed by atoms with van der Waals surface area (Å²) in [6.07, 6.45) is 6.60. The molecule has 0 radical (unpaired) electrons. The van der Waals surface area contributed by atoms with Crippen LogP contribution in [0.15, 0.2) is 0 Å². The smallest absolute Gasteiger partial charge is 0.308 e. The molecular weight excluding hydrogens is 319 g/mol. The number of esters is 1. The summed E-state index contributed by atoms with van der Waals surface area (Å²) in [5, 5.41) is 0. The van der Waals surface area contributed by atoms with Gasteiger partial charge in [0.1, 0.15) is 0 Å². The first-order valence-electron chi connectivity index (χ1n) is 6.03. The summed E-state index contributed by atoms with van der Waals surface area (Å²) < 4.78 is 11.1. The van der Waals surface area contributed by atoms with Gasteiger partial charge < -0.3 is 9.47 Å². The van der Waals surface area contributed by atoms with E-state index in [2.05, 4.69) is 34.3 Å². The van der Waals surface area contributed by atoms with E-state index in [4.69, 9.17) is 4.74 Å². The first-order chi connectivity index (χ1) is 7.67. The lowest BCUT2D eigenvalue weighted by atomic mass is 10.1. The number of halogens is 1. The predicted octanol–water partition coefficient (Wildman–Crippen LogP) is 3.09. The van der Waals surface area contributed by atoms with Crippen molar-refractivity contribution in [3.05, 3.63) is 0 Å². The molecule has 0 aromatic carbocycles. The molecule has 1 heterocycles. The molecule has 1 aliphatic rings. The standard InChI is InChI=1S/C12H21IO3/c1-3-4-5-10(13)11-7-6-9(16-11)8-12(14)15-2/h9-11H,3-8H2,1-2H3/t9-,10?,11+/m1/s1. The molecule has 1 fully saturated rings. The van der Waals surface area contributed by atoms with Gasteiger partial charge in [0.05, 0.1) is 25.7 Å². The van der Waals surface area contributed by atoms with Gasteiger partial charge in [-0.15, -0.1) is 0 Å². The highest BCUT2D eigenvalue weighted by Crippen LogP contribution is 2.30. The fraction of sp³-hybridized carbons (Fsp3) is 0.917. The third-order valence-electron chi connectivity index (χ3n) is 3.00. The number of unbranched alkanes of at least 4 members (excludes halogenated alkanes) is 1. The van der Waals surface area contributed by atoms with Crippen LogP contribution in [0.25, 0.3) is 0 Å². The highest BCUT2D eigenvalue weighted by atomic mass is 127. The number of alkyl halides is 1. The van der Waals surface area contributed by atoms with Crippen molar-refractivity contribution in [2.24, 2.45) is 0 Å². The lowest BCUT2D eigenvalue weighted by Crippen LogP contribution is -2.22. The first kappa shape index (κ1) is 14.2. The number of ether oxygens (including phenoxy) is 2. The Morgan fingerprint density at radius 2 is 2.31 bits per heavy atom. The first-order valence-corrected chi connectivity index (χ1v) is 7.28. The minimum Gasteiger partial charge on any atom is -0.469 e. The Morgan fingerprint density at radius 1 is 1.56 bits per heavy atom. The molecule has 3 atom stereocenters. The molecule has 0 N–H and O–H groups in total. The van der Waals surface area contributed by atoms with Crippen LogP contribution in [-0.2, 0) is 14.3 Å². The Labute approximate surface area is 111 Å². The summed E-state index contributed by atoms with van der Waals surface area (Å²) in [6.45, 7) is 2.21. The number of methoxy groups -OCH3 is 1. The molecule has 0 bridgehead atoms. The zero-order valence-electron chi connectivity index (χ0n) is 10.1. The van der Waals surface area contributed by atoms with Crippen LogP contribution in [0.3, 0.4) is 0 Å². The zero-order chi connectivity index (χ0) is 12.0. The number of carbonyl (C=O) groups excluding carboxylic acids is 1. The fourth-order valence-electron chi connectivity index (χ4n) is 2.00. The Morgan fingerprint density at radius 3 is 2.94 bits per heavy atom. The second kappa shape index (κ2) is 7.48. The molecule has 1 saturated heterocycles. The average molecular weight is 340 g/mol. The molecule has 0 aromatic heterocycles. The van der Waals surface area contributed by atoms with E-state index in [1.165, 1.54) is 26.4 Å². The van der Waals surface area contributed by atoms with E-state index in [9.17, 15) is 4.79 Å². The maximum Gasteiger partial charge on any atom is 0.308 e. The molecule has 1 aliphatic heterocycles. The van der Waals surface area contributed by atoms with Crippen LogP contribution in [0.1, 0.15) is 45.4 Å². The SMILES string of the molecule is CCCCC(I)[C@@H]1CC[C@H](CC(=O)OC)O1. The van der Waals surface area contributed by atoms with Gasteiger partial charge in [-0.2, -0.15) is 0 Å². The van der Waals surface area contributed by atoms with Gasteiger partial charge >= 0.3 is 5.97 Å². The molecular formula is C12H21IO3. The van der Waals surface area contributed by atoms with Gasteiger partial charge in [-0.05, 0) is 19.3 Å². The summed E-state index contributed by atoms with van der Waals surface area (Å²) in [5.74, 6) is -0.163. The summed E-state index contributed by atoms with van der Waals surface area (Å²) >= 11 is 2.48. The van der Waals surface area contributed by atoms with Crippen molar-refractivity contribution in [3.63, 3.8) is 0 Å². The topological polar surface area (TPSA) is 35.5 Å². The maximum atomic E-state index is 11.1. The van der Waals surface area contributed by atoms with Crippen molar-refractivity contribution in [1.82, 2.24) is 0 Å². The van der Waals surface area contributed by atoms with Crippen LogP contribution in [0.5, 0.6) is 0 Å². The van der Waals surface area contributed by atoms with Crippen molar-refractivity contribution >= 4 is 28.6 Å². The Bertz CT molecular complexity index is 220. The largest absolute Gasteiger partial charge is 0.469 e. The van der Waals surface area contributed by atoms with E-state index in [-0.39, 0.29) is 12.1 Å². The predicted molar refractivity (Wildman–Crippen MR) is 71.9 cm³/mol. The van der Waals surface area contributed by atoms with Crippen LogP contribution in [0, 0.1) is 0 Å². The van der Waals surface area contributed by atoms with Crippen molar-refractivity contribution in [3.8, 4) is 0 Å². The molecule has 0 saturated carbocycles. The normalized spacial score (nSPS) is 26.7. The molecule has 0 aliphatic carbocycles. The summed E-state index contributed by atoms with van der Waals surface area (Å²) in [4.78, 5) is 11.1. The van der Waals surface area contributed by atoms with Gasteiger partial charge in [-0.25, -0.2) is 0 Å². The molecule has 0 spiro atoms. The summed E-state index contributed by atoms with van der Waals surface area (Å²) in [6, 6.07) is 0. The molecule has 4 heteroatoms. The number of hydrogen-bond donors (Lipinski definition) is 0. The second-order valence-electron chi connectivity index (χ2n) is 4.31. The van der Waals surface area contributed by atoms with Crippen molar-refractivity contribution < 1.29 is 14.3 Å². The number of rotatable bonds is 6. The number of hydrogen-bond acceptors (Lipinski definition) is 3. The zero-order valence-corrected chi connectivity index (χ0v) is 12.2. The monoisotopic (exact) mass is 340 g/mol. The average Bonchev–Trinajstić information content (AvgIpc) is 2.74. The van der Waals surface area contributed by atoms with Gasteiger partial charge in [-0.3, -0.25) is 4.79 Å². The third kappa shape index (κ3) is 4.57. The molecule has 3 nitrogen and oxygen atoms in total. The Balaban J connectivity index is 2.26. The lowest BCUT2D eigenvalue weighted by Gasteiger charge is -2.18. The fourth-order valence-corrected chi connectivity index (χ4v) is 2.97. The van der Waals surface area contributed by atoms with Crippen molar-refractivity contribution in [1.29, 1.82) is 0 Å². The van der Waals surface area contributed by atoms with Crippen LogP contribution < -0.4 is 0 Å². The highest BCUT2D eigenvalue weighted by molar-refractivity contribution is 14.1. The second-order valence-corrected chi connectivity index (χ2v) is 5.91. The molecule has 0 amide bonds. The minimum atomic E-state index is -0.163. The van der Waals surface area contributed by atoms with Crippen molar-refractivity contribution in [2.45, 2.75) is 61.6 Å². The quantitative estimate of drug-likeness (QED) is 0.423. The van der Waals surface area contributed by atoms with Crippen LogP contribution >= 0.6 is 22.6 Å². The maximum absolute atomic E-state index is 11.1. The molecule has 94 valence electrons. The molecule has 1 unspecified atom stereocenters. The lowest BCUT2D eigenvalue weighted by molar-refractivity contribution is -0.143. The van der Waals surface area contributed by atoms with Gasteiger partial charge in [-0.1, -0.05) is 42.4 Å². The van der Waals surface area contributed by atoms with Crippen LogP contribution in [0.4, 0.5) is 0 Å². The van der Waals surface area contributed by atoms with Gasteiger partial charge in [0.25, 0.3) is 0 Å². The molecule has 0 aromatic rings. The van der Waals surface area contributed by atoms with Crippen molar-refractivity contribution in [2.75, 3.05) is 7.11 Å². The molecule has 1 rings (SSSR count). The van der Waals surface area contributed by atoms with E-state index < -0.39 is 0 Å². The summed E-state index contributed by atoms with van der Waals surface area (Å²) in [5.41, 5.74) is 0. The van der Waals surface area contributed by atoms with E-state index >= 15 is 0 Å². The van der Waals surface area contributed by atoms with Gasteiger partial charge in [0.2, 0.25) is 0 Å². The Kier molecular flexibility index (Phi) is 6.65.